The zero-order valence-electron chi connectivity index (χ0n) is 15.7. The van der Waals surface area contributed by atoms with Gasteiger partial charge in [-0.25, -0.2) is 8.42 Å². The molecule has 0 aliphatic carbocycles. The molecule has 3 rings (SSSR count). The minimum atomic E-state index is -4.15. The number of nitro groups is 1. The number of nitrogens with zero attached hydrogens (tertiary/aromatic N) is 2. The number of hydrogen-bond donors (Lipinski definition) is 1. The van der Waals surface area contributed by atoms with Gasteiger partial charge >= 0.3 is 0 Å². The number of sulfonamides is 1. The van der Waals surface area contributed by atoms with Gasteiger partial charge in [-0.05, 0) is 36.4 Å². The van der Waals surface area contributed by atoms with E-state index in [0.717, 1.165) is 16.4 Å². The number of benzene rings is 3. The molecular formula is C20H15Cl2N3O5S. The first kappa shape index (κ1) is 22.5. The summed E-state index contributed by atoms with van der Waals surface area (Å²) >= 11 is 12.0. The molecule has 8 nitrogen and oxygen atoms in total. The van der Waals surface area contributed by atoms with Crippen molar-refractivity contribution in [3.05, 3.63) is 93.0 Å². The second kappa shape index (κ2) is 9.34. The topological polar surface area (TPSA) is 110 Å². The Labute approximate surface area is 188 Å². The van der Waals surface area contributed by atoms with E-state index in [-0.39, 0.29) is 32.0 Å². The molecule has 3 aromatic carbocycles. The van der Waals surface area contributed by atoms with Crippen LogP contribution < -0.4 is 9.62 Å². The molecule has 0 unspecified atom stereocenters. The Bertz CT molecular complexity index is 1220. The predicted octanol–water partition coefficient (Wildman–Crippen LogP) is 4.74. The van der Waals surface area contributed by atoms with Crippen LogP contribution in [0.4, 0.5) is 17.1 Å². The summed E-state index contributed by atoms with van der Waals surface area (Å²) in [7, 11) is -4.15. The van der Waals surface area contributed by atoms with Gasteiger partial charge in [-0.15, -0.1) is 0 Å². The van der Waals surface area contributed by atoms with Crippen LogP contribution in [0.5, 0.6) is 0 Å². The number of halogens is 2. The summed E-state index contributed by atoms with van der Waals surface area (Å²) in [4.78, 5) is 23.0. The number of nitro benzene ring substituents is 1. The van der Waals surface area contributed by atoms with Gasteiger partial charge in [0.25, 0.3) is 15.7 Å². The van der Waals surface area contributed by atoms with Gasteiger partial charge in [-0.3, -0.25) is 19.2 Å². The predicted molar refractivity (Wildman–Crippen MR) is 119 cm³/mol. The largest absolute Gasteiger partial charge is 0.323 e. The van der Waals surface area contributed by atoms with Crippen molar-refractivity contribution in [2.24, 2.45) is 0 Å². The van der Waals surface area contributed by atoms with Crippen LogP contribution >= 0.6 is 23.2 Å². The number of anilines is 2. The molecule has 0 bridgehead atoms. The molecule has 1 amide bonds. The summed E-state index contributed by atoms with van der Waals surface area (Å²) in [5.74, 6) is -0.679. The Balaban J connectivity index is 1.96. The Morgan fingerprint density at radius 3 is 2.23 bits per heavy atom. The van der Waals surface area contributed by atoms with Crippen LogP contribution in [0.15, 0.2) is 77.7 Å². The molecule has 0 saturated carbocycles. The fourth-order valence-electron chi connectivity index (χ4n) is 2.70. The number of amides is 1. The lowest BCUT2D eigenvalue weighted by Crippen LogP contribution is -2.38. The van der Waals surface area contributed by atoms with Gasteiger partial charge in [0.15, 0.2) is 0 Å². The Morgan fingerprint density at radius 2 is 1.61 bits per heavy atom. The van der Waals surface area contributed by atoms with Gasteiger partial charge in [-0.1, -0.05) is 47.5 Å². The summed E-state index contributed by atoms with van der Waals surface area (Å²) < 4.78 is 27.3. The van der Waals surface area contributed by atoms with Crippen LogP contribution in [0.1, 0.15) is 0 Å². The molecule has 31 heavy (non-hydrogen) atoms. The molecule has 3 aromatic rings. The van der Waals surface area contributed by atoms with Crippen molar-refractivity contribution in [1.82, 2.24) is 0 Å². The SMILES string of the molecule is O=C(CN(c1ccc([N+](=O)[O-])cc1)S(=O)(=O)c1ccccc1)Nc1cccc(Cl)c1Cl. The van der Waals surface area contributed by atoms with Crippen LogP contribution in [0.3, 0.4) is 0 Å². The van der Waals surface area contributed by atoms with Crippen molar-refractivity contribution in [2.75, 3.05) is 16.2 Å². The molecule has 160 valence electrons. The van der Waals surface area contributed by atoms with E-state index in [1.165, 1.54) is 30.3 Å². The van der Waals surface area contributed by atoms with E-state index in [1.807, 2.05) is 0 Å². The number of nitrogens with one attached hydrogen (secondary N) is 1. The summed E-state index contributed by atoms with van der Waals surface area (Å²) in [6.07, 6.45) is 0. The quantitative estimate of drug-likeness (QED) is 0.388. The third-order valence-corrected chi connectivity index (χ3v) is 6.80. The zero-order chi connectivity index (χ0) is 22.6. The number of non-ortho nitro benzene ring substituents is 1. The Hall–Kier alpha value is -3.14. The lowest BCUT2D eigenvalue weighted by molar-refractivity contribution is -0.384. The summed E-state index contributed by atoms with van der Waals surface area (Å²) in [5.41, 5.74) is 0.0951. The smallest absolute Gasteiger partial charge is 0.269 e. The zero-order valence-corrected chi connectivity index (χ0v) is 18.1. The van der Waals surface area contributed by atoms with Crippen molar-refractivity contribution in [3.63, 3.8) is 0 Å². The molecular weight excluding hydrogens is 465 g/mol. The molecule has 0 aliphatic heterocycles. The second-order valence-electron chi connectivity index (χ2n) is 6.25. The van der Waals surface area contributed by atoms with Gasteiger partial charge in [-0.2, -0.15) is 0 Å². The molecule has 1 N–H and O–H groups in total. The van der Waals surface area contributed by atoms with Crippen LogP contribution in [0, 0.1) is 10.1 Å². The normalized spacial score (nSPS) is 11.0. The van der Waals surface area contributed by atoms with E-state index < -0.39 is 27.4 Å². The lowest BCUT2D eigenvalue weighted by Gasteiger charge is -2.24. The van der Waals surface area contributed by atoms with Gasteiger partial charge in [0.1, 0.15) is 6.54 Å². The lowest BCUT2D eigenvalue weighted by atomic mass is 10.3. The van der Waals surface area contributed by atoms with Crippen LogP contribution in [0.2, 0.25) is 10.0 Å². The average molecular weight is 480 g/mol. The first-order valence-electron chi connectivity index (χ1n) is 8.76. The van der Waals surface area contributed by atoms with Crippen molar-refractivity contribution < 1.29 is 18.1 Å². The van der Waals surface area contributed by atoms with Crippen LogP contribution in [0.25, 0.3) is 0 Å². The third-order valence-electron chi connectivity index (χ3n) is 4.19. The van der Waals surface area contributed by atoms with E-state index >= 15 is 0 Å². The number of carbonyl (C=O) groups excluding carboxylic acids is 1. The number of rotatable bonds is 7. The van der Waals surface area contributed by atoms with Gasteiger partial charge in [0.05, 0.1) is 31.2 Å². The van der Waals surface area contributed by atoms with Crippen molar-refractivity contribution >= 4 is 56.2 Å². The third kappa shape index (κ3) is 5.13. The Kier molecular flexibility index (Phi) is 6.79. The van der Waals surface area contributed by atoms with E-state index in [2.05, 4.69) is 5.32 Å². The standard InChI is InChI=1S/C20H15Cl2N3O5S/c21-17-7-4-8-18(20(17)22)23-19(26)13-24(14-9-11-15(12-10-14)25(27)28)31(29,30)16-5-2-1-3-6-16/h1-12H,13H2,(H,23,26). The fourth-order valence-corrected chi connectivity index (χ4v) is 4.49. The highest BCUT2D eigenvalue weighted by Gasteiger charge is 2.27. The molecule has 0 aromatic heterocycles. The van der Waals surface area contributed by atoms with Crippen molar-refractivity contribution in [1.29, 1.82) is 0 Å². The highest BCUT2D eigenvalue weighted by molar-refractivity contribution is 7.92. The minimum Gasteiger partial charge on any atom is -0.323 e. The van der Waals surface area contributed by atoms with E-state index in [1.54, 1.807) is 30.3 Å². The molecule has 0 saturated heterocycles. The van der Waals surface area contributed by atoms with Gasteiger partial charge in [0.2, 0.25) is 5.91 Å². The molecule has 11 heteroatoms. The average Bonchev–Trinajstić information content (AvgIpc) is 2.76. The molecule has 0 aliphatic rings. The number of carbonyl (C=O) groups is 1. The highest BCUT2D eigenvalue weighted by atomic mass is 35.5. The maximum Gasteiger partial charge on any atom is 0.269 e. The molecule has 0 atom stereocenters. The molecule has 0 fully saturated rings. The fraction of sp³-hybridized carbons (Fsp3) is 0.0500. The molecule has 0 spiro atoms. The summed E-state index contributed by atoms with van der Waals surface area (Å²) in [5, 5.41) is 13.8. The minimum absolute atomic E-state index is 0.0399. The van der Waals surface area contributed by atoms with E-state index in [0.29, 0.717) is 0 Å². The maximum atomic E-state index is 13.2. The first-order chi connectivity index (χ1) is 14.7. The molecule has 0 heterocycles. The monoisotopic (exact) mass is 479 g/mol. The van der Waals surface area contributed by atoms with Crippen LogP contribution in [-0.4, -0.2) is 25.8 Å². The summed E-state index contributed by atoms with van der Waals surface area (Å²) in [6, 6.07) is 17.0. The van der Waals surface area contributed by atoms with Gasteiger partial charge in [0, 0.05) is 12.1 Å². The van der Waals surface area contributed by atoms with Crippen molar-refractivity contribution in [3.8, 4) is 0 Å². The Morgan fingerprint density at radius 1 is 0.968 bits per heavy atom. The van der Waals surface area contributed by atoms with E-state index in [9.17, 15) is 23.3 Å². The second-order valence-corrected chi connectivity index (χ2v) is 8.90. The molecule has 0 radical (unpaired) electrons. The first-order valence-corrected chi connectivity index (χ1v) is 11.0. The van der Waals surface area contributed by atoms with E-state index in [4.69, 9.17) is 23.2 Å². The van der Waals surface area contributed by atoms with Crippen LogP contribution in [-0.2, 0) is 14.8 Å². The highest BCUT2D eigenvalue weighted by Crippen LogP contribution is 2.30. The maximum absolute atomic E-state index is 13.2. The van der Waals surface area contributed by atoms with Gasteiger partial charge < -0.3 is 5.32 Å². The van der Waals surface area contributed by atoms with Crippen molar-refractivity contribution in [2.45, 2.75) is 4.90 Å². The summed E-state index contributed by atoms with van der Waals surface area (Å²) in [6.45, 7) is -0.599. The number of hydrogen-bond acceptors (Lipinski definition) is 5.